The van der Waals surface area contributed by atoms with Gasteiger partial charge in [-0.25, -0.2) is 0 Å². The minimum Gasteiger partial charge on any atom is -0.360 e. The average Bonchev–Trinajstić information content (AvgIpc) is 3.05. The number of hydrazone groups is 1. The molecule has 0 fully saturated rings. The summed E-state index contributed by atoms with van der Waals surface area (Å²) in [6.07, 6.45) is 0. The van der Waals surface area contributed by atoms with Gasteiger partial charge in [0.2, 0.25) is 11.5 Å². The Morgan fingerprint density at radius 1 is 1.36 bits per heavy atom. The van der Waals surface area contributed by atoms with Crippen LogP contribution in [0.5, 0.6) is 0 Å². The third-order valence-electron chi connectivity index (χ3n) is 3.46. The standard InChI is InChI=1S/C19H20N4O2/c1-12(2)13-7-6-8-14(9-13)21-22-16(11-20)18(24)15-10-17(25-23-15)19(3,4)5/h6-10,21H,1H2,2-5H3/b22-16+. The summed E-state index contributed by atoms with van der Waals surface area (Å²) in [5.74, 6) is -0.0273. The van der Waals surface area contributed by atoms with Gasteiger partial charge in [0.15, 0.2) is 5.69 Å². The molecular formula is C19H20N4O2. The number of benzene rings is 1. The number of rotatable bonds is 5. The van der Waals surface area contributed by atoms with E-state index in [1.165, 1.54) is 6.07 Å². The van der Waals surface area contributed by atoms with Gasteiger partial charge in [-0.1, -0.05) is 50.2 Å². The van der Waals surface area contributed by atoms with Crippen molar-refractivity contribution >= 4 is 22.8 Å². The molecule has 1 heterocycles. The quantitative estimate of drug-likeness (QED) is 0.502. The molecule has 0 aliphatic carbocycles. The minimum atomic E-state index is -0.592. The molecule has 0 spiro atoms. The SMILES string of the molecule is C=C(C)c1cccc(N/N=C(\C#N)C(=O)c2cc(C(C)(C)C)on2)c1. The number of aromatic nitrogens is 1. The smallest absolute Gasteiger partial charge is 0.245 e. The minimum absolute atomic E-state index is 0.0581. The number of Topliss-reactive ketones (excluding diaryl/α,β-unsaturated/α-hetero) is 1. The molecule has 2 aromatic rings. The van der Waals surface area contributed by atoms with E-state index in [1.54, 1.807) is 12.1 Å². The van der Waals surface area contributed by atoms with E-state index in [-0.39, 0.29) is 16.8 Å². The maximum absolute atomic E-state index is 12.4. The van der Waals surface area contributed by atoms with Crippen LogP contribution in [0.15, 0.2) is 46.5 Å². The molecule has 1 aromatic heterocycles. The Morgan fingerprint density at radius 2 is 2.08 bits per heavy atom. The molecule has 1 aromatic carbocycles. The lowest BCUT2D eigenvalue weighted by Crippen LogP contribution is -2.15. The first-order chi connectivity index (χ1) is 11.7. The first kappa shape index (κ1) is 18.1. The predicted molar refractivity (Wildman–Crippen MR) is 97.4 cm³/mol. The highest BCUT2D eigenvalue weighted by atomic mass is 16.5. The van der Waals surface area contributed by atoms with Crippen molar-refractivity contribution < 1.29 is 9.32 Å². The molecule has 2 rings (SSSR count). The second-order valence-electron chi connectivity index (χ2n) is 6.70. The van der Waals surface area contributed by atoms with Crippen molar-refractivity contribution in [2.75, 3.05) is 5.43 Å². The van der Waals surface area contributed by atoms with E-state index in [0.29, 0.717) is 11.4 Å². The molecule has 0 atom stereocenters. The summed E-state index contributed by atoms with van der Waals surface area (Å²) in [5, 5.41) is 16.9. The molecule has 6 nitrogen and oxygen atoms in total. The van der Waals surface area contributed by atoms with Gasteiger partial charge in [0.05, 0.1) is 5.69 Å². The highest BCUT2D eigenvalue weighted by molar-refractivity contribution is 6.51. The van der Waals surface area contributed by atoms with Crippen molar-refractivity contribution in [3.63, 3.8) is 0 Å². The van der Waals surface area contributed by atoms with Crippen LogP contribution in [-0.2, 0) is 5.41 Å². The zero-order chi connectivity index (χ0) is 18.6. The van der Waals surface area contributed by atoms with Crippen molar-refractivity contribution in [1.29, 1.82) is 5.26 Å². The van der Waals surface area contributed by atoms with Crippen LogP contribution in [0.1, 0.15) is 49.5 Å². The lowest BCUT2D eigenvalue weighted by Gasteiger charge is -2.11. The molecule has 0 saturated carbocycles. The van der Waals surface area contributed by atoms with Gasteiger partial charge in [0, 0.05) is 11.5 Å². The number of hydrogen-bond donors (Lipinski definition) is 1. The van der Waals surface area contributed by atoms with Crippen LogP contribution in [0, 0.1) is 11.3 Å². The third kappa shape index (κ3) is 4.42. The van der Waals surface area contributed by atoms with Crippen LogP contribution in [-0.4, -0.2) is 16.7 Å². The van der Waals surface area contributed by atoms with Gasteiger partial charge < -0.3 is 4.52 Å². The number of carbonyl (C=O) groups is 1. The summed E-state index contributed by atoms with van der Waals surface area (Å²) >= 11 is 0. The van der Waals surface area contributed by atoms with Crippen LogP contribution in [0.3, 0.4) is 0 Å². The largest absolute Gasteiger partial charge is 0.360 e. The summed E-state index contributed by atoms with van der Waals surface area (Å²) < 4.78 is 5.18. The fraction of sp³-hybridized carbons (Fsp3) is 0.263. The average molecular weight is 336 g/mol. The van der Waals surface area contributed by atoms with E-state index in [4.69, 9.17) is 4.52 Å². The summed E-state index contributed by atoms with van der Waals surface area (Å²) in [5.41, 5.74) is 4.70. The molecule has 0 unspecified atom stereocenters. The summed E-state index contributed by atoms with van der Waals surface area (Å²) in [7, 11) is 0. The van der Waals surface area contributed by atoms with Crippen LogP contribution < -0.4 is 5.43 Å². The van der Waals surface area contributed by atoms with Gasteiger partial charge >= 0.3 is 0 Å². The van der Waals surface area contributed by atoms with E-state index in [2.05, 4.69) is 22.3 Å². The first-order valence-corrected chi connectivity index (χ1v) is 7.74. The molecule has 25 heavy (non-hydrogen) atoms. The summed E-state index contributed by atoms with van der Waals surface area (Å²) in [4.78, 5) is 12.4. The highest BCUT2D eigenvalue weighted by Gasteiger charge is 2.24. The highest BCUT2D eigenvalue weighted by Crippen LogP contribution is 2.23. The fourth-order valence-corrected chi connectivity index (χ4v) is 1.96. The maximum atomic E-state index is 12.4. The van der Waals surface area contributed by atoms with E-state index >= 15 is 0 Å². The Morgan fingerprint density at radius 3 is 2.64 bits per heavy atom. The molecule has 0 aliphatic heterocycles. The lowest BCUT2D eigenvalue weighted by atomic mass is 9.93. The van der Waals surface area contributed by atoms with Gasteiger partial charge in [-0.05, 0) is 24.6 Å². The van der Waals surface area contributed by atoms with Crippen molar-refractivity contribution in [3.05, 3.63) is 53.9 Å². The maximum Gasteiger partial charge on any atom is 0.245 e. The van der Waals surface area contributed by atoms with Crippen molar-refractivity contribution in [1.82, 2.24) is 5.16 Å². The Labute approximate surface area is 146 Å². The second-order valence-corrected chi connectivity index (χ2v) is 6.70. The Hall–Kier alpha value is -3.20. The normalized spacial score (nSPS) is 11.7. The van der Waals surface area contributed by atoms with Gasteiger partial charge in [-0.2, -0.15) is 10.4 Å². The topological polar surface area (TPSA) is 91.3 Å². The lowest BCUT2D eigenvalue weighted by molar-refractivity contribution is 0.105. The zero-order valence-corrected chi connectivity index (χ0v) is 14.8. The fourth-order valence-electron chi connectivity index (χ4n) is 1.96. The molecule has 128 valence electrons. The van der Waals surface area contributed by atoms with Crippen LogP contribution >= 0.6 is 0 Å². The van der Waals surface area contributed by atoms with E-state index in [0.717, 1.165) is 11.1 Å². The third-order valence-corrected chi connectivity index (χ3v) is 3.46. The zero-order valence-electron chi connectivity index (χ0n) is 14.8. The number of hydrogen-bond acceptors (Lipinski definition) is 6. The number of carbonyl (C=O) groups excluding carboxylic acids is 1. The molecule has 0 saturated heterocycles. The van der Waals surface area contributed by atoms with Crippen LogP contribution in [0.2, 0.25) is 0 Å². The van der Waals surface area contributed by atoms with Crippen LogP contribution in [0.4, 0.5) is 5.69 Å². The van der Waals surface area contributed by atoms with Gasteiger partial charge in [-0.15, -0.1) is 0 Å². The van der Waals surface area contributed by atoms with Gasteiger partial charge in [0.1, 0.15) is 11.8 Å². The number of nitriles is 1. The molecule has 6 heteroatoms. The van der Waals surface area contributed by atoms with E-state index in [1.807, 2.05) is 45.9 Å². The van der Waals surface area contributed by atoms with Gasteiger partial charge in [0.25, 0.3) is 0 Å². The Bertz CT molecular complexity index is 879. The molecule has 1 N–H and O–H groups in total. The van der Waals surface area contributed by atoms with E-state index < -0.39 is 5.78 Å². The van der Waals surface area contributed by atoms with Crippen LogP contribution in [0.25, 0.3) is 5.57 Å². The number of nitrogens with zero attached hydrogens (tertiary/aromatic N) is 3. The number of anilines is 1. The Balaban J connectivity index is 2.21. The van der Waals surface area contributed by atoms with Gasteiger partial charge in [-0.3, -0.25) is 10.2 Å². The number of ketones is 1. The first-order valence-electron chi connectivity index (χ1n) is 7.74. The molecule has 0 amide bonds. The molecule has 0 aliphatic rings. The van der Waals surface area contributed by atoms with E-state index in [9.17, 15) is 10.1 Å². The summed E-state index contributed by atoms with van der Waals surface area (Å²) in [6.45, 7) is 11.6. The molecule has 0 bridgehead atoms. The van der Waals surface area contributed by atoms with Crippen molar-refractivity contribution in [2.45, 2.75) is 33.1 Å². The molecular weight excluding hydrogens is 316 g/mol. The van der Waals surface area contributed by atoms with Crippen molar-refractivity contribution in [2.24, 2.45) is 5.10 Å². The van der Waals surface area contributed by atoms with Crippen molar-refractivity contribution in [3.8, 4) is 6.07 Å². The second kappa shape index (κ2) is 7.14. The number of allylic oxidation sites excluding steroid dienone is 1. The number of nitrogens with one attached hydrogen (secondary N) is 1. The monoisotopic (exact) mass is 336 g/mol. The predicted octanol–water partition coefficient (Wildman–Crippen LogP) is 4.18. The Kier molecular flexibility index (Phi) is 5.18. The molecule has 0 radical (unpaired) electrons. The summed E-state index contributed by atoms with van der Waals surface area (Å²) in [6, 6.07) is 10.7.